The van der Waals surface area contributed by atoms with Gasteiger partial charge in [-0.15, -0.1) is 0 Å². The van der Waals surface area contributed by atoms with Crippen molar-refractivity contribution in [1.29, 1.82) is 0 Å². The Morgan fingerprint density at radius 3 is 2.33 bits per heavy atom. The molecule has 1 aromatic carbocycles. The lowest BCUT2D eigenvalue weighted by Crippen LogP contribution is -2.68. The van der Waals surface area contributed by atoms with Crippen LogP contribution in [0.3, 0.4) is 0 Å². The van der Waals surface area contributed by atoms with Crippen molar-refractivity contribution in [3.63, 3.8) is 0 Å². The van der Waals surface area contributed by atoms with E-state index in [-0.39, 0.29) is 11.5 Å². The highest BCUT2D eigenvalue weighted by atomic mass is 16.7. The van der Waals surface area contributed by atoms with Crippen LogP contribution < -0.4 is 0 Å². The molecule has 4 nitrogen and oxygen atoms in total. The predicted octanol–water partition coefficient (Wildman–Crippen LogP) is 4.14. The first-order valence-corrected chi connectivity index (χ1v) is 9.10. The number of benzene rings is 1. The Labute approximate surface area is 146 Å². The van der Waals surface area contributed by atoms with E-state index in [2.05, 4.69) is 39.8 Å². The van der Waals surface area contributed by atoms with Crippen LogP contribution in [-0.2, 0) is 20.8 Å². The fourth-order valence-corrected chi connectivity index (χ4v) is 3.65. The highest BCUT2D eigenvalue weighted by Crippen LogP contribution is 2.39. The average Bonchev–Trinajstić information content (AvgIpc) is 2.56. The number of ether oxygens (including phenoxy) is 1. The third-order valence-electron chi connectivity index (χ3n) is 4.66. The van der Waals surface area contributed by atoms with E-state index in [1.54, 1.807) is 0 Å². The van der Waals surface area contributed by atoms with Crippen molar-refractivity contribution in [1.82, 2.24) is 5.06 Å². The lowest BCUT2D eigenvalue weighted by atomic mass is 9.83. The largest absolute Gasteiger partial charge is 0.462 e. The van der Waals surface area contributed by atoms with E-state index >= 15 is 0 Å². The van der Waals surface area contributed by atoms with Crippen LogP contribution in [0.25, 0.3) is 0 Å². The molecule has 0 saturated carbocycles. The van der Waals surface area contributed by atoms with Crippen LogP contribution in [0.1, 0.15) is 58.9 Å². The number of hydroxylamine groups is 2. The Balaban J connectivity index is 2.17. The lowest BCUT2D eigenvalue weighted by molar-refractivity contribution is -0.302. The summed E-state index contributed by atoms with van der Waals surface area (Å²) in [6.45, 7) is 9.31. The summed E-state index contributed by atoms with van der Waals surface area (Å²) in [4.78, 5) is 18.9. The number of carbonyl (C=O) groups excluding carboxylic acids is 1. The first-order valence-electron chi connectivity index (χ1n) is 9.10. The summed E-state index contributed by atoms with van der Waals surface area (Å²) in [6.07, 6.45) is 4.19. The molecule has 1 fully saturated rings. The third-order valence-corrected chi connectivity index (χ3v) is 4.66. The molecular formula is C20H31NO3. The number of carbonyl (C=O) groups is 1. The molecule has 1 aliphatic rings. The van der Waals surface area contributed by atoms with Crippen molar-refractivity contribution in [3.05, 3.63) is 35.9 Å². The van der Waals surface area contributed by atoms with Gasteiger partial charge in [0, 0.05) is 0 Å². The summed E-state index contributed by atoms with van der Waals surface area (Å²) in [5, 5.41) is 1.96. The Morgan fingerprint density at radius 1 is 1.12 bits per heavy atom. The van der Waals surface area contributed by atoms with Gasteiger partial charge in [-0.1, -0.05) is 57.0 Å². The van der Waals surface area contributed by atoms with Crippen LogP contribution >= 0.6 is 0 Å². The maximum atomic E-state index is 12.7. The number of hydrogen-bond donors (Lipinski definition) is 0. The van der Waals surface area contributed by atoms with Gasteiger partial charge in [-0.3, -0.25) is 4.84 Å². The summed E-state index contributed by atoms with van der Waals surface area (Å²) in [7, 11) is 0. The van der Waals surface area contributed by atoms with Gasteiger partial charge >= 0.3 is 5.97 Å². The van der Waals surface area contributed by atoms with Gasteiger partial charge in [-0.2, -0.15) is 5.06 Å². The van der Waals surface area contributed by atoms with Crippen LogP contribution in [0.15, 0.2) is 30.3 Å². The van der Waals surface area contributed by atoms with Gasteiger partial charge < -0.3 is 4.74 Å². The minimum absolute atomic E-state index is 0.134. The van der Waals surface area contributed by atoms with Crippen molar-refractivity contribution in [2.45, 2.75) is 70.9 Å². The Bertz CT molecular complexity index is 521. The van der Waals surface area contributed by atoms with Gasteiger partial charge in [-0.05, 0) is 38.7 Å². The molecule has 0 N–H and O–H groups in total. The molecule has 0 spiro atoms. The predicted molar refractivity (Wildman–Crippen MR) is 95.5 cm³/mol. The van der Waals surface area contributed by atoms with E-state index in [1.807, 2.05) is 23.3 Å². The summed E-state index contributed by atoms with van der Waals surface area (Å²) in [5.41, 5.74) is 0.253. The number of rotatable bonds is 8. The molecule has 0 unspecified atom stereocenters. The van der Waals surface area contributed by atoms with Crippen molar-refractivity contribution < 1.29 is 14.4 Å². The number of hydrogen-bond acceptors (Lipinski definition) is 4. The first kappa shape index (κ1) is 18.9. The molecule has 1 aromatic rings. The summed E-state index contributed by atoms with van der Waals surface area (Å²) < 4.78 is 5.55. The summed E-state index contributed by atoms with van der Waals surface area (Å²) in [5.74, 6) is -0.134. The molecule has 0 aromatic heterocycles. The van der Waals surface area contributed by atoms with Gasteiger partial charge in [0.15, 0.2) is 0 Å². The minimum Gasteiger partial charge on any atom is -0.462 e. The number of cyclic esters (lactones) is 1. The SMILES string of the molecule is CCCC1(CCC)C(=O)OCC(C)(C)N1OCCc1ccccc1. The van der Waals surface area contributed by atoms with E-state index in [1.165, 1.54) is 5.56 Å². The zero-order chi connectivity index (χ0) is 17.6. The summed E-state index contributed by atoms with van der Waals surface area (Å²) >= 11 is 0. The molecule has 4 heteroatoms. The molecule has 0 atom stereocenters. The van der Waals surface area contributed by atoms with E-state index in [9.17, 15) is 4.79 Å². The molecule has 134 valence electrons. The maximum Gasteiger partial charge on any atom is 0.329 e. The topological polar surface area (TPSA) is 38.8 Å². The van der Waals surface area contributed by atoms with E-state index in [0.29, 0.717) is 13.2 Å². The normalized spacial score (nSPS) is 19.9. The van der Waals surface area contributed by atoms with Gasteiger partial charge in [0.05, 0.1) is 12.1 Å². The average molecular weight is 333 g/mol. The van der Waals surface area contributed by atoms with Crippen LogP contribution in [0.5, 0.6) is 0 Å². The minimum atomic E-state index is -0.665. The summed E-state index contributed by atoms with van der Waals surface area (Å²) in [6, 6.07) is 10.3. The van der Waals surface area contributed by atoms with Gasteiger partial charge in [-0.25, -0.2) is 4.79 Å². The van der Waals surface area contributed by atoms with Crippen LogP contribution in [0, 0.1) is 0 Å². The van der Waals surface area contributed by atoms with Crippen molar-refractivity contribution >= 4 is 5.97 Å². The zero-order valence-electron chi connectivity index (χ0n) is 15.5. The Kier molecular flexibility index (Phi) is 6.41. The van der Waals surface area contributed by atoms with Crippen LogP contribution in [0.4, 0.5) is 0 Å². The van der Waals surface area contributed by atoms with Crippen molar-refractivity contribution in [3.8, 4) is 0 Å². The second-order valence-electron chi connectivity index (χ2n) is 7.28. The Hall–Kier alpha value is -1.39. The molecule has 2 rings (SSSR count). The number of esters is 1. The molecule has 0 aliphatic carbocycles. The fourth-order valence-electron chi connectivity index (χ4n) is 3.65. The molecule has 24 heavy (non-hydrogen) atoms. The standard InChI is InChI=1S/C20H31NO3/c1-5-13-20(14-6-2)18(22)23-16-19(3,4)21(20)24-15-12-17-10-8-7-9-11-17/h7-11H,5-6,12-16H2,1-4H3. The molecule has 0 amide bonds. The monoisotopic (exact) mass is 333 g/mol. The van der Waals surface area contributed by atoms with Gasteiger partial charge in [0.1, 0.15) is 12.1 Å². The van der Waals surface area contributed by atoms with Crippen molar-refractivity contribution in [2.75, 3.05) is 13.2 Å². The molecule has 1 saturated heterocycles. The highest BCUT2D eigenvalue weighted by molar-refractivity contribution is 5.81. The zero-order valence-corrected chi connectivity index (χ0v) is 15.5. The number of nitrogens with zero attached hydrogens (tertiary/aromatic N) is 1. The highest BCUT2D eigenvalue weighted by Gasteiger charge is 2.54. The van der Waals surface area contributed by atoms with E-state index in [0.717, 1.165) is 32.1 Å². The van der Waals surface area contributed by atoms with Crippen molar-refractivity contribution in [2.24, 2.45) is 0 Å². The van der Waals surface area contributed by atoms with E-state index < -0.39 is 5.54 Å². The smallest absolute Gasteiger partial charge is 0.329 e. The van der Waals surface area contributed by atoms with Crippen LogP contribution in [-0.4, -0.2) is 35.3 Å². The first-order chi connectivity index (χ1) is 11.5. The second kappa shape index (κ2) is 8.13. The van der Waals surface area contributed by atoms with E-state index in [4.69, 9.17) is 9.57 Å². The molecule has 1 heterocycles. The quantitative estimate of drug-likeness (QED) is 0.670. The molecular weight excluding hydrogens is 302 g/mol. The van der Waals surface area contributed by atoms with Crippen LogP contribution in [0.2, 0.25) is 0 Å². The Morgan fingerprint density at radius 2 is 1.75 bits per heavy atom. The lowest BCUT2D eigenvalue weighted by Gasteiger charge is -2.52. The molecule has 0 radical (unpaired) electrons. The fraction of sp³-hybridized carbons (Fsp3) is 0.650. The third kappa shape index (κ3) is 3.98. The molecule has 0 bridgehead atoms. The maximum absolute atomic E-state index is 12.7. The van der Waals surface area contributed by atoms with Gasteiger partial charge in [0.25, 0.3) is 0 Å². The van der Waals surface area contributed by atoms with Gasteiger partial charge in [0.2, 0.25) is 0 Å². The second-order valence-corrected chi connectivity index (χ2v) is 7.28. The molecule has 1 aliphatic heterocycles. The number of morpholine rings is 1.